The average molecular weight is 262 g/mol. The smallest absolute Gasteiger partial charge is 0.0284 e. The fourth-order valence-corrected chi connectivity index (χ4v) is 5.31. The minimum absolute atomic E-state index is 0.246. The van der Waals surface area contributed by atoms with Gasteiger partial charge in [-0.15, -0.1) is 0 Å². The molecule has 0 heterocycles. The summed E-state index contributed by atoms with van der Waals surface area (Å²) < 4.78 is 0. The number of hydrogen-bond acceptors (Lipinski definition) is 0. The Hall–Kier alpha value is -1.56. The van der Waals surface area contributed by atoms with E-state index in [1.54, 1.807) is 0 Å². The molecule has 0 aliphatic heterocycles. The van der Waals surface area contributed by atoms with Crippen molar-refractivity contribution in [2.24, 2.45) is 11.3 Å². The predicted octanol–water partition coefficient (Wildman–Crippen LogP) is 5.18. The van der Waals surface area contributed by atoms with Crippen molar-refractivity contribution in [3.05, 3.63) is 71.8 Å². The summed E-state index contributed by atoms with van der Waals surface area (Å²) in [5.74, 6) is 0.817. The third kappa shape index (κ3) is 1.37. The van der Waals surface area contributed by atoms with E-state index in [9.17, 15) is 0 Å². The van der Waals surface area contributed by atoms with E-state index in [1.807, 2.05) is 0 Å². The molecule has 2 saturated carbocycles. The summed E-state index contributed by atoms with van der Waals surface area (Å²) in [4.78, 5) is 0. The zero-order chi connectivity index (χ0) is 13.6. The van der Waals surface area contributed by atoms with Crippen molar-refractivity contribution in [3.63, 3.8) is 0 Å². The van der Waals surface area contributed by atoms with Crippen LogP contribution in [0.3, 0.4) is 0 Å². The molecule has 20 heavy (non-hydrogen) atoms. The van der Waals surface area contributed by atoms with Gasteiger partial charge in [0.25, 0.3) is 0 Å². The van der Waals surface area contributed by atoms with Crippen LogP contribution in [0.15, 0.2) is 60.7 Å². The van der Waals surface area contributed by atoms with E-state index < -0.39 is 0 Å². The molecule has 2 fully saturated rings. The second-order valence-corrected chi connectivity index (χ2v) is 6.87. The molecule has 0 spiro atoms. The Balaban J connectivity index is 2.00. The number of hydrogen-bond donors (Lipinski definition) is 0. The molecule has 2 bridgehead atoms. The van der Waals surface area contributed by atoms with E-state index in [0.29, 0.717) is 5.41 Å². The summed E-state index contributed by atoms with van der Waals surface area (Å²) in [5, 5.41) is 0. The van der Waals surface area contributed by atoms with Gasteiger partial charge in [-0.1, -0.05) is 67.6 Å². The Morgan fingerprint density at radius 2 is 1.20 bits per heavy atom. The number of rotatable bonds is 2. The zero-order valence-electron chi connectivity index (χ0n) is 12.2. The normalized spacial score (nSPS) is 30.6. The molecular weight excluding hydrogens is 240 g/mol. The molecule has 0 amide bonds. The molecule has 2 aliphatic rings. The van der Waals surface area contributed by atoms with Gasteiger partial charge >= 0.3 is 0 Å². The first-order chi connectivity index (χ1) is 9.77. The van der Waals surface area contributed by atoms with Gasteiger partial charge in [-0.2, -0.15) is 0 Å². The molecule has 2 aliphatic carbocycles. The van der Waals surface area contributed by atoms with Crippen molar-refractivity contribution in [2.75, 3.05) is 0 Å². The molecule has 0 nitrogen and oxygen atoms in total. The molecule has 0 heteroatoms. The van der Waals surface area contributed by atoms with Crippen molar-refractivity contribution < 1.29 is 0 Å². The fraction of sp³-hybridized carbons (Fsp3) is 0.400. The molecule has 0 atom stereocenters. The van der Waals surface area contributed by atoms with Gasteiger partial charge < -0.3 is 0 Å². The minimum atomic E-state index is 0.246. The first-order valence-corrected chi connectivity index (χ1v) is 7.88. The van der Waals surface area contributed by atoms with Gasteiger partial charge in [-0.05, 0) is 48.1 Å². The van der Waals surface area contributed by atoms with Crippen LogP contribution in [0.1, 0.15) is 43.7 Å². The van der Waals surface area contributed by atoms with Crippen LogP contribution in [0, 0.1) is 11.3 Å². The van der Waals surface area contributed by atoms with Crippen LogP contribution in [0.4, 0.5) is 0 Å². The quantitative estimate of drug-likeness (QED) is 0.699. The van der Waals surface area contributed by atoms with Gasteiger partial charge in [0, 0.05) is 5.41 Å². The fourth-order valence-electron chi connectivity index (χ4n) is 5.31. The molecule has 2 aromatic carbocycles. The lowest BCUT2D eigenvalue weighted by Crippen LogP contribution is -2.39. The van der Waals surface area contributed by atoms with Gasteiger partial charge in [0.15, 0.2) is 0 Å². The van der Waals surface area contributed by atoms with Crippen LogP contribution >= 0.6 is 0 Å². The SMILES string of the molecule is CC12CCC(CC1)C2(c1ccccc1)c1ccccc1. The third-order valence-corrected chi connectivity index (χ3v) is 6.11. The number of benzene rings is 2. The van der Waals surface area contributed by atoms with Gasteiger partial charge in [-0.25, -0.2) is 0 Å². The van der Waals surface area contributed by atoms with Gasteiger partial charge in [0.1, 0.15) is 0 Å². The van der Waals surface area contributed by atoms with Crippen molar-refractivity contribution in [1.82, 2.24) is 0 Å². The summed E-state index contributed by atoms with van der Waals surface area (Å²) in [6.45, 7) is 2.53. The Morgan fingerprint density at radius 3 is 1.55 bits per heavy atom. The summed E-state index contributed by atoms with van der Waals surface area (Å²) in [6.07, 6.45) is 5.53. The minimum Gasteiger partial charge on any atom is -0.0622 e. The van der Waals surface area contributed by atoms with Crippen LogP contribution in [0.2, 0.25) is 0 Å². The van der Waals surface area contributed by atoms with E-state index in [4.69, 9.17) is 0 Å². The highest BCUT2D eigenvalue weighted by Gasteiger charge is 2.62. The van der Waals surface area contributed by atoms with Gasteiger partial charge in [0.2, 0.25) is 0 Å². The highest BCUT2D eigenvalue weighted by atomic mass is 14.7. The average Bonchev–Trinajstić information content (AvgIpc) is 2.97. The lowest BCUT2D eigenvalue weighted by molar-refractivity contribution is 0.242. The van der Waals surface area contributed by atoms with E-state index in [-0.39, 0.29) is 5.41 Å². The Labute approximate surface area is 121 Å². The Kier molecular flexibility index (Phi) is 2.57. The summed E-state index contributed by atoms with van der Waals surface area (Å²) in [6, 6.07) is 22.5. The Morgan fingerprint density at radius 1 is 0.750 bits per heavy atom. The molecule has 102 valence electrons. The van der Waals surface area contributed by atoms with E-state index in [2.05, 4.69) is 67.6 Å². The first-order valence-electron chi connectivity index (χ1n) is 7.88. The molecule has 4 rings (SSSR count). The summed E-state index contributed by atoms with van der Waals surface area (Å²) in [7, 11) is 0. The maximum absolute atomic E-state index is 2.53. The van der Waals surface area contributed by atoms with E-state index >= 15 is 0 Å². The molecule has 0 radical (unpaired) electrons. The first kappa shape index (κ1) is 12.2. The maximum atomic E-state index is 2.53. The van der Waals surface area contributed by atoms with Crippen LogP contribution in [-0.2, 0) is 5.41 Å². The third-order valence-electron chi connectivity index (χ3n) is 6.11. The largest absolute Gasteiger partial charge is 0.0622 e. The second kappa shape index (κ2) is 4.22. The van der Waals surface area contributed by atoms with E-state index in [0.717, 1.165) is 5.92 Å². The van der Waals surface area contributed by atoms with Gasteiger partial charge in [-0.3, -0.25) is 0 Å². The lowest BCUT2D eigenvalue weighted by Gasteiger charge is -2.43. The highest BCUT2D eigenvalue weighted by molar-refractivity contribution is 5.46. The molecule has 0 aromatic heterocycles. The molecule has 0 saturated heterocycles. The van der Waals surface area contributed by atoms with Crippen molar-refractivity contribution in [2.45, 2.75) is 38.0 Å². The zero-order valence-corrected chi connectivity index (χ0v) is 12.2. The molecule has 2 aromatic rings. The van der Waals surface area contributed by atoms with Crippen molar-refractivity contribution in [3.8, 4) is 0 Å². The van der Waals surface area contributed by atoms with Crippen molar-refractivity contribution >= 4 is 0 Å². The summed E-state index contributed by atoms with van der Waals surface area (Å²) >= 11 is 0. The number of fused-ring (bicyclic) bond motifs is 2. The second-order valence-electron chi connectivity index (χ2n) is 6.87. The van der Waals surface area contributed by atoms with Crippen LogP contribution in [0.5, 0.6) is 0 Å². The van der Waals surface area contributed by atoms with Gasteiger partial charge in [0.05, 0.1) is 0 Å². The monoisotopic (exact) mass is 262 g/mol. The maximum Gasteiger partial charge on any atom is 0.0284 e. The van der Waals surface area contributed by atoms with Crippen LogP contribution in [0.25, 0.3) is 0 Å². The molecular formula is C20H22. The Bertz CT molecular complexity index is 549. The predicted molar refractivity (Wildman–Crippen MR) is 83.7 cm³/mol. The van der Waals surface area contributed by atoms with Crippen molar-refractivity contribution in [1.29, 1.82) is 0 Å². The lowest BCUT2D eigenvalue weighted by atomic mass is 9.60. The van der Waals surface area contributed by atoms with Crippen LogP contribution < -0.4 is 0 Å². The van der Waals surface area contributed by atoms with E-state index in [1.165, 1.54) is 36.8 Å². The standard InChI is InChI=1S/C20H22/c1-19-14-12-18(13-15-19)20(19,16-8-4-2-5-9-16)17-10-6-3-7-11-17/h2-11,18H,12-15H2,1H3. The summed E-state index contributed by atoms with van der Waals surface area (Å²) in [5.41, 5.74) is 3.75. The molecule has 0 N–H and O–H groups in total. The highest BCUT2D eigenvalue weighted by Crippen LogP contribution is 2.68. The van der Waals surface area contributed by atoms with Crippen LogP contribution in [-0.4, -0.2) is 0 Å². The topological polar surface area (TPSA) is 0 Å². The molecule has 0 unspecified atom stereocenters.